The Bertz CT molecular complexity index is 540. The van der Waals surface area contributed by atoms with E-state index in [9.17, 15) is 9.59 Å². The number of hydrogen-bond acceptors (Lipinski definition) is 4. The molecule has 2 amide bonds. The second-order valence-electron chi connectivity index (χ2n) is 6.46. The second-order valence-corrected chi connectivity index (χ2v) is 6.46. The van der Waals surface area contributed by atoms with E-state index >= 15 is 0 Å². The van der Waals surface area contributed by atoms with E-state index < -0.39 is 6.04 Å². The molecule has 0 radical (unpaired) electrons. The number of ether oxygens (including phenoxy) is 1. The van der Waals surface area contributed by atoms with Gasteiger partial charge in [-0.2, -0.15) is 0 Å². The van der Waals surface area contributed by atoms with Crippen molar-refractivity contribution in [2.75, 3.05) is 38.2 Å². The van der Waals surface area contributed by atoms with Crippen molar-refractivity contribution < 1.29 is 14.3 Å². The molecule has 1 fully saturated rings. The van der Waals surface area contributed by atoms with Crippen molar-refractivity contribution in [3.63, 3.8) is 0 Å². The number of carbonyl (C=O) groups excluding carboxylic acids is 2. The van der Waals surface area contributed by atoms with Crippen LogP contribution in [0.1, 0.15) is 20.3 Å². The van der Waals surface area contributed by atoms with Crippen molar-refractivity contribution in [2.45, 2.75) is 26.3 Å². The third-order valence-electron chi connectivity index (χ3n) is 4.18. The molecule has 1 aromatic carbocycles. The summed E-state index contributed by atoms with van der Waals surface area (Å²) in [4.78, 5) is 28.3. The van der Waals surface area contributed by atoms with Gasteiger partial charge in [0.25, 0.3) is 0 Å². The van der Waals surface area contributed by atoms with E-state index in [0.29, 0.717) is 25.4 Å². The first kappa shape index (κ1) is 18.1. The third kappa shape index (κ3) is 4.88. The molecule has 1 atom stereocenters. The molecular formula is C18H27N3O3. The van der Waals surface area contributed by atoms with Gasteiger partial charge in [-0.1, -0.05) is 32.0 Å². The van der Waals surface area contributed by atoms with Crippen LogP contribution < -0.4 is 10.2 Å². The molecule has 0 spiro atoms. The predicted molar refractivity (Wildman–Crippen MR) is 94.0 cm³/mol. The van der Waals surface area contributed by atoms with Crippen molar-refractivity contribution in [3.05, 3.63) is 30.3 Å². The van der Waals surface area contributed by atoms with Gasteiger partial charge in [-0.05, 0) is 24.5 Å². The molecule has 0 saturated carbocycles. The fourth-order valence-electron chi connectivity index (χ4n) is 2.87. The van der Waals surface area contributed by atoms with E-state index in [4.69, 9.17) is 4.74 Å². The lowest BCUT2D eigenvalue weighted by atomic mass is 10.0. The van der Waals surface area contributed by atoms with Crippen LogP contribution in [0.2, 0.25) is 0 Å². The summed E-state index contributed by atoms with van der Waals surface area (Å²) in [6.07, 6.45) is 0.572. The summed E-state index contributed by atoms with van der Waals surface area (Å²) < 4.78 is 4.80. The summed E-state index contributed by atoms with van der Waals surface area (Å²) in [5, 5.41) is 2.82. The van der Waals surface area contributed by atoms with E-state index in [1.807, 2.05) is 32.0 Å². The fourth-order valence-corrected chi connectivity index (χ4v) is 2.87. The lowest BCUT2D eigenvalue weighted by molar-refractivity contribution is -0.143. The first-order valence-corrected chi connectivity index (χ1v) is 8.44. The average molecular weight is 333 g/mol. The van der Waals surface area contributed by atoms with Crippen molar-refractivity contribution in [1.82, 2.24) is 10.2 Å². The maximum absolute atomic E-state index is 12.4. The monoisotopic (exact) mass is 333 g/mol. The number of piperazine rings is 1. The number of nitrogens with zero attached hydrogens (tertiary/aromatic N) is 2. The molecule has 1 aliphatic rings. The van der Waals surface area contributed by atoms with Gasteiger partial charge in [0, 0.05) is 31.9 Å². The van der Waals surface area contributed by atoms with Crippen LogP contribution >= 0.6 is 0 Å². The molecular weight excluding hydrogens is 306 g/mol. The van der Waals surface area contributed by atoms with E-state index in [2.05, 4.69) is 22.3 Å². The lowest BCUT2D eigenvalue weighted by Gasteiger charge is -2.36. The van der Waals surface area contributed by atoms with Gasteiger partial charge < -0.3 is 19.9 Å². The number of nitrogens with one attached hydrogen (secondary N) is 1. The van der Waals surface area contributed by atoms with Crippen molar-refractivity contribution in [3.8, 4) is 0 Å². The second kappa shape index (κ2) is 8.57. The molecule has 132 valence electrons. The Balaban J connectivity index is 1.88. The fraction of sp³-hybridized carbons (Fsp3) is 0.556. The summed E-state index contributed by atoms with van der Waals surface area (Å²) in [6.45, 7) is 6.86. The molecule has 1 aliphatic heterocycles. The van der Waals surface area contributed by atoms with E-state index in [1.165, 1.54) is 12.8 Å². The first-order chi connectivity index (χ1) is 11.5. The van der Waals surface area contributed by atoms with Crippen LogP contribution in [0.5, 0.6) is 0 Å². The molecule has 0 unspecified atom stereocenters. The Hall–Kier alpha value is -2.24. The number of benzene rings is 1. The summed E-state index contributed by atoms with van der Waals surface area (Å²) >= 11 is 0. The largest absolute Gasteiger partial charge is 0.467 e. The topological polar surface area (TPSA) is 61.9 Å². The number of amides is 2. The highest BCUT2D eigenvalue weighted by Crippen LogP contribution is 2.16. The molecule has 0 aromatic heterocycles. The SMILES string of the molecule is COC(=O)[C@H](CC(C)C)NC(=O)N1CCN(c2ccccc2)CC1. The summed E-state index contributed by atoms with van der Waals surface area (Å²) in [7, 11) is 1.35. The number of para-hydroxylation sites is 1. The highest BCUT2D eigenvalue weighted by atomic mass is 16.5. The van der Waals surface area contributed by atoms with Gasteiger partial charge in [0.2, 0.25) is 0 Å². The Labute approximate surface area is 143 Å². The minimum Gasteiger partial charge on any atom is -0.467 e. The Kier molecular flexibility index (Phi) is 6.46. The van der Waals surface area contributed by atoms with Crippen LogP contribution in [0, 0.1) is 5.92 Å². The van der Waals surface area contributed by atoms with Gasteiger partial charge in [0.05, 0.1) is 7.11 Å². The molecule has 1 N–H and O–H groups in total. The van der Waals surface area contributed by atoms with E-state index in [1.54, 1.807) is 4.90 Å². The number of urea groups is 1. The molecule has 1 aromatic rings. The van der Waals surface area contributed by atoms with Crippen molar-refractivity contribution in [2.24, 2.45) is 5.92 Å². The standard InChI is InChI=1S/C18H27N3O3/c1-14(2)13-16(17(22)24-3)19-18(23)21-11-9-20(10-12-21)15-7-5-4-6-8-15/h4-8,14,16H,9-13H2,1-3H3,(H,19,23)/t16-/m0/s1. The number of anilines is 1. The van der Waals surface area contributed by atoms with Crippen LogP contribution in [0.25, 0.3) is 0 Å². The third-order valence-corrected chi connectivity index (χ3v) is 4.18. The zero-order chi connectivity index (χ0) is 17.5. The van der Waals surface area contributed by atoms with Crippen LogP contribution in [0.4, 0.5) is 10.5 Å². The van der Waals surface area contributed by atoms with Crippen LogP contribution in [0.3, 0.4) is 0 Å². The van der Waals surface area contributed by atoms with Crippen LogP contribution in [-0.2, 0) is 9.53 Å². The smallest absolute Gasteiger partial charge is 0.328 e. The number of hydrogen-bond donors (Lipinski definition) is 1. The summed E-state index contributed by atoms with van der Waals surface area (Å²) in [6, 6.07) is 9.39. The van der Waals surface area contributed by atoms with Gasteiger partial charge in [0.1, 0.15) is 6.04 Å². The maximum atomic E-state index is 12.4. The van der Waals surface area contributed by atoms with Crippen molar-refractivity contribution in [1.29, 1.82) is 0 Å². The number of rotatable bonds is 5. The Morgan fingerprint density at radius 1 is 1.12 bits per heavy atom. The normalized spacial score (nSPS) is 16.0. The van der Waals surface area contributed by atoms with Gasteiger partial charge in [-0.25, -0.2) is 9.59 Å². The number of esters is 1. The zero-order valence-electron chi connectivity index (χ0n) is 14.7. The van der Waals surface area contributed by atoms with Gasteiger partial charge in [-0.15, -0.1) is 0 Å². The molecule has 0 aliphatic carbocycles. The zero-order valence-corrected chi connectivity index (χ0v) is 14.7. The minimum atomic E-state index is -0.588. The van der Waals surface area contributed by atoms with Gasteiger partial charge in [-0.3, -0.25) is 0 Å². The first-order valence-electron chi connectivity index (χ1n) is 8.44. The summed E-state index contributed by atoms with van der Waals surface area (Å²) in [5.74, 6) is -0.0932. The molecule has 6 nitrogen and oxygen atoms in total. The Morgan fingerprint density at radius 3 is 2.29 bits per heavy atom. The maximum Gasteiger partial charge on any atom is 0.328 e. The van der Waals surface area contributed by atoms with E-state index in [0.717, 1.165) is 13.1 Å². The molecule has 1 saturated heterocycles. The highest BCUT2D eigenvalue weighted by Gasteiger charge is 2.27. The van der Waals surface area contributed by atoms with Crippen molar-refractivity contribution >= 4 is 17.7 Å². The molecule has 0 bridgehead atoms. The Morgan fingerprint density at radius 2 is 1.75 bits per heavy atom. The van der Waals surface area contributed by atoms with Crippen LogP contribution in [0.15, 0.2) is 30.3 Å². The quantitative estimate of drug-likeness (QED) is 0.838. The van der Waals surface area contributed by atoms with Gasteiger partial charge in [0.15, 0.2) is 0 Å². The lowest BCUT2D eigenvalue weighted by Crippen LogP contribution is -2.55. The number of methoxy groups -OCH3 is 1. The predicted octanol–water partition coefficient (Wildman–Crippen LogP) is 2.11. The highest BCUT2D eigenvalue weighted by molar-refractivity contribution is 5.83. The molecule has 6 heteroatoms. The minimum absolute atomic E-state index is 0.196. The van der Waals surface area contributed by atoms with Gasteiger partial charge >= 0.3 is 12.0 Å². The average Bonchev–Trinajstić information content (AvgIpc) is 2.61. The molecule has 2 rings (SSSR count). The van der Waals surface area contributed by atoms with Crippen LogP contribution in [-0.4, -0.2) is 56.2 Å². The number of carbonyl (C=O) groups is 2. The molecule has 24 heavy (non-hydrogen) atoms. The molecule has 1 heterocycles. The summed E-state index contributed by atoms with van der Waals surface area (Å²) in [5.41, 5.74) is 1.17. The van der Waals surface area contributed by atoms with E-state index in [-0.39, 0.29) is 12.0 Å².